The molecule has 0 saturated carbocycles. The smallest absolute Gasteiger partial charge is 0.261 e. The van der Waals surface area contributed by atoms with E-state index < -0.39 is 15.9 Å². The second-order valence-electron chi connectivity index (χ2n) is 7.48. The zero-order valence-electron chi connectivity index (χ0n) is 18.2. The van der Waals surface area contributed by atoms with Gasteiger partial charge in [0.1, 0.15) is 0 Å². The van der Waals surface area contributed by atoms with Gasteiger partial charge in [-0.05, 0) is 61.5 Å². The van der Waals surface area contributed by atoms with E-state index in [1.807, 2.05) is 55.5 Å². The number of anilines is 2. The van der Waals surface area contributed by atoms with Gasteiger partial charge in [-0.3, -0.25) is 9.52 Å². The Kier molecular flexibility index (Phi) is 7.26. The lowest BCUT2D eigenvalue weighted by Crippen LogP contribution is -2.16. The van der Waals surface area contributed by atoms with Crippen LogP contribution in [0.5, 0.6) is 0 Å². The van der Waals surface area contributed by atoms with Gasteiger partial charge in [-0.25, -0.2) is 8.42 Å². The Morgan fingerprint density at radius 3 is 2.26 bits per heavy atom. The number of nitrogens with one attached hydrogen (secondary N) is 2. The molecule has 1 amide bonds. The molecule has 0 spiro atoms. The monoisotopic (exact) mass is 508 g/mol. The summed E-state index contributed by atoms with van der Waals surface area (Å²) in [5.74, 6) is -0.442. The highest BCUT2D eigenvalue weighted by Gasteiger charge is 2.18. The Morgan fingerprint density at radius 1 is 0.853 bits per heavy atom. The van der Waals surface area contributed by atoms with E-state index in [0.29, 0.717) is 5.69 Å². The van der Waals surface area contributed by atoms with Crippen molar-refractivity contribution in [3.05, 3.63) is 113 Å². The Morgan fingerprint density at radius 2 is 1.53 bits per heavy atom. The van der Waals surface area contributed by atoms with E-state index in [4.69, 9.17) is 11.6 Å². The molecule has 34 heavy (non-hydrogen) atoms. The molecular weight excluding hydrogens is 488 g/mol. The minimum Gasteiger partial charge on any atom is -0.321 e. The number of aryl methyl sites for hydroxylation is 1. The Hall–Kier alpha value is -3.26. The summed E-state index contributed by atoms with van der Waals surface area (Å²) in [6, 6.07) is 28.2. The van der Waals surface area contributed by atoms with E-state index in [1.165, 1.54) is 42.1 Å². The van der Waals surface area contributed by atoms with Gasteiger partial charge in [0.25, 0.3) is 15.9 Å². The van der Waals surface area contributed by atoms with Crippen molar-refractivity contribution in [2.75, 3.05) is 10.0 Å². The van der Waals surface area contributed by atoms with Crippen molar-refractivity contribution in [2.24, 2.45) is 0 Å². The van der Waals surface area contributed by atoms with Crippen LogP contribution in [0.4, 0.5) is 11.4 Å². The quantitative estimate of drug-likeness (QED) is 0.286. The Labute approximate surface area is 208 Å². The van der Waals surface area contributed by atoms with Gasteiger partial charge in [-0.15, -0.1) is 0 Å². The van der Waals surface area contributed by atoms with Crippen LogP contribution in [0, 0.1) is 6.92 Å². The lowest BCUT2D eigenvalue weighted by Gasteiger charge is -2.13. The highest BCUT2D eigenvalue weighted by atomic mass is 35.5. The Balaban J connectivity index is 1.56. The number of carbonyl (C=O) groups is 1. The van der Waals surface area contributed by atoms with Crippen LogP contribution in [0.2, 0.25) is 5.02 Å². The summed E-state index contributed by atoms with van der Waals surface area (Å²) >= 11 is 7.82. The van der Waals surface area contributed by atoms with Gasteiger partial charge in [0.2, 0.25) is 0 Å². The summed E-state index contributed by atoms with van der Waals surface area (Å²) in [6.07, 6.45) is 0. The zero-order valence-corrected chi connectivity index (χ0v) is 20.5. The van der Waals surface area contributed by atoms with Crippen LogP contribution in [0.15, 0.2) is 112 Å². The van der Waals surface area contributed by atoms with Gasteiger partial charge < -0.3 is 5.32 Å². The number of para-hydroxylation sites is 1. The standard InChI is InChI=1S/C26H21ClN2O3S2/c1-18-11-14-21(15-12-18)34(31,32)29-19-13-16-23(27)22(17-19)26(30)28-24-9-5-6-10-25(24)33-20-7-3-2-4-8-20/h2-17,29H,1H3,(H,28,30). The summed E-state index contributed by atoms with van der Waals surface area (Å²) in [7, 11) is -3.81. The number of carbonyl (C=O) groups excluding carboxylic acids is 1. The van der Waals surface area contributed by atoms with Crippen LogP contribution in [0.25, 0.3) is 0 Å². The van der Waals surface area contributed by atoms with Gasteiger partial charge in [0.05, 0.1) is 21.2 Å². The van der Waals surface area contributed by atoms with E-state index in [0.717, 1.165) is 15.4 Å². The maximum Gasteiger partial charge on any atom is 0.261 e. The van der Waals surface area contributed by atoms with Crippen LogP contribution < -0.4 is 10.0 Å². The van der Waals surface area contributed by atoms with Crippen LogP contribution in [-0.2, 0) is 10.0 Å². The van der Waals surface area contributed by atoms with Crippen molar-refractivity contribution in [3.63, 3.8) is 0 Å². The van der Waals surface area contributed by atoms with E-state index in [-0.39, 0.29) is 21.2 Å². The molecule has 0 unspecified atom stereocenters. The lowest BCUT2D eigenvalue weighted by molar-refractivity contribution is 0.102. The molecule has 0 aliphatic heterocycles. The third-order valence-electron chi connectivity index (χ3n) is 4.90. The number of hydrogen-bond acceptors (Lipinski definition) is 4. The molecule has 0 saturated heterocycles. The number of sulfonamides is 1. The lowest BCUT2D eigenvalue weighted by atomic mass is 10.2. The number of halogens is 1. The van der Waals surface area contributed by atoms with Gasteiger partial charge in [-0.2, -0.15) is 0 Å². The average molecular weight is 509 g/mol. The van der Waals surface area contributed by atoms with E-state index >= 15 is 0 Å². The van der Waals surface area contributed by atoms with E-state index in [2.05, 4.69) is 10.0 Å². The molecular formula is C26H21ClN2O3S2. The predicted octanol–water partition coefficient (Wildman–Crippen LogP) is 6.85. The molecule has 0 atom stereocenters. The van der Waals surface area contributed by atoms with Gasteiger partial charge in [0, 0.05) is 15.5 Å². The number of benzene rings is 4. The molecule has 0 radical (unpaired) electrons. The zero-order chi connectivity index (χ0) is 24.1. The molecule has 172 valence electrons. The third-order valence-corrected chi connectivity index (χ3v) is 7.71. The van der Waals surface area contributed by atoms with Crippen LogP contribution in [-0.4, -0.2) is 14.3 Å². The second kappa shape index (κ2) is 10.3. The van der Waals surface area contributed by atoms with Crippen LogP contribution in [0.3, 0.4) is 0 Å². The van der Waals surface area contributed by atoms with Crippen LogP contribution in [0.1, 0.15) is 15.9 Å². The molecule has 5 nitrogen and oxygen atoms in total. The minimum atomic E-state index is -3.81. The molecule has 0 fully saturated rings. The molecule has 0 aliphatic rings. The van der Waals surface area contributed by atoms with E-state index in [9.17, 15) is 13.2 Å². The normalized spacial score (nSPS) is 11.1. The average Bonchev–Trinajstić information content (AvgIpc) is 2.82. The van der Waals surface area contributed by atoms with E-state index in [1.54, 1.807) is 18.2 Å². The fourth-order valence-corrected chi connectivity index (χ4v) is 5.33. The fraction of sp³-hybridized carbons (Fsp3) is 0.0385. The SMILES string of the molecule is Cc1ccc(S(=O)(=O)Nc2ccc(Cl)c(C(=O)Nc3ccccc3Sc3ccccc3)c2)cc1. The first-order valence-corrected chi connectivity index (χ1v) is 13.0. The van der Waals surface area contributed by atoms with Crippen molar-refractivity contribution < 1.29 is 13.2 Å². The molecule has 8 heteroatoms. The van der Waals surface area contributed by atoms with Crippen molar-refractivity contribution in [2.45, 2.75) is 21.6 Å². The molecule has 0 bridgehead atoms. The summed E-state index contributed by atoms with van der Waals surface area (Å²) in [5.41, 5.74) is 1.98. The molecule has 4 aromatic carbocycles. The number of amides is 1. The minimum absolute atomic E-state index is 0.130. The third kappa shape index (κ3) is 5.80. The van der Waals surface area contributed by atoms with Crippen LogP contribution >= 0.6 is 23.4 Å². The summed E-state index contributed by atoms with van der Waals surface area (Å²) < 4.78 is 28.0. The van der Waals surface area contributed by atoms with Gasteiger partial charge in [-0.1, -0.05) is 71.4 Å². The molecule has 0 aliphatic carbocycles. The highest BCUT2D eigenvalue weighted by Crippen LogP contribution is 2.34. The summed E-state index contributed by atoms with van der Waals surface area (Å²) in [6.45, 7) is 1.88. The second-order valence-corrected chi connectivity index (χ2v) is 10.7. The first-order valence-electron chi connectivity index (χ1n) is 10.3. The number of hydrogen-bond donors (Lipinski definition) is 2. The topological polar surface area (TPSA) is 75.3 Å². The first-order chi connectivity index (χ1) is 16.3. The Bertz CT molecular complexity index is 1420. The predicted molar refractivity (Wildman–Crippen MR) is 138 cm³/mol. The van der Waals surface area contributed by atoms with Gasteiger partial charge >= 0.3 is 0 Å². The fourth-order valence-electron chi connectivity index (χ4n) is 3.16. The highest BCUT2D eigenvalue weighted by molar-refractivity contribution is 7.99. The first kappa shape index (κ1) is 23.9. The summed E-state index contributed by atoms with van der Waals surface area (Å²) in [4.78, 5) is 15.1. The molecule has 4 rings (SSSR count). The molecule has 2 N–H and O–H groups in total. The maximum absolute atomic E-state index is 13.1. The number of rotatable bonds is 7. The summed E-state index contributed by atoms with van der Waals surface area (Å²) in [5, 5.41) is 3.11. The van der Waals surface area contributed by atoms with Crippen molar-refractivity contribution in [3.8, 4) is 0 Å². The molecule has 0 aromatic heterocycles. The van der Waals surface area contributed by atoms with Crippen molar-refractivity contribution in [1.82, 2.24) is 0 Å². The molecule has 0 heterocycles. The molecule has 4 aromatic rings. The van der Waals surface area contributed by atoms with Crippen molar-refractivity contribution in [1.29, 1.82) is 0 Å². The van der Waals surface area contributed by atoms with Crippen molar-refractivity contribution >= 4 is 50.7 Å². The largest absolute Gasteiger partial charge is 0.321 e. The van der Waals surface area contributed by atoms with Gasteiger partial charge in [0.15, 0.2) is 0 Å². The maximum atomic E-state index is 13.1.